The van der Waals surface area contributed by atoms with E-state index in [1.807, 2.05) is 42.7 Å². The van der Waals surface area contributed by atoms with Crippen LogP contribution in [0.15, 0.2) is 85.2 Å². The number of piperidine rings is 4. The number of rotatable bonds is 15. The van der Waals surface area contributed by atoms with Crippen LogP contribution in [0.4, 0.5) is 0 Å². The van der Waals surface area contributed by atoms with Gasteiger partial charge < -0.3 is 18.9 Å². The third-order valence-electron chi connectivity index (χ3n) is 14.5. The Morgan fingerprint density at radius 2 is 1.33 bits per heavy atom. The summed E-state index contributed by atoms with van der Waals surface area (Å²) >= 11 is 2.66. The Hall–Kier alpha value is -4.33. The first-order chi connectivity index (χ1) is 29.9. The lowest BCUT2D eigenvalue weighted by Gasteiger charge is -2.52. The first-order valence-electron chi connectivity index (χ1n) is 22.4. The van der Waals surface area contributed by atoms with E-state index in [1.54, 1.807) is 14.2 Å². The van der Waals surface area contributed by atoms with E-state index in [4.69, 9.17) is 39.1 Å². The molecule has 0 amide bonds. The number of nitrogens with zero attached hydrogens (tertiary/aromatic N) is 6. The number of alkyl halides is 1. The molecule has 0 spiro atoms. The maximum atomic E-state index is 6.89. The van der Waals surface area contributed by atoms with Crippen molar-refractivity contribution in [2.24, 2.45) is 23.7 Å². The molecule has 10 nitrogen and oxygen atoms in total. The Labute approximate surface area is 373 Å². The van der Waals surface area contributed by atoms with Gasteiger partial charge in [-0.3, -0.25) is 19.8 Å². The maximum absolute atomic E-state index is 6.89. The van der Waals surface area contributed by atoms with Crippen molar-refractivity contribution in [1.82, 2.24) is 30.0 Å². The maximum Gasteiger partial charge on any atom is 0.241 e. The zero-order chi connectivity index (χ0) is 42.0. The van der Waals surface area contributed by atoms with Gasteiger partial charge in [-0.15, -0.1) is 10.2 Å². The number of likely N-dealkylation sites (tertiary alicyclic amines) is 1. The quantitative estimate of drug-likeness (QED) is 0.0563. The second kappa shape index (κ2) is 18.6. The van der Waals surface area contributed by atoms with Crippen molar-refractivity contribution in [1.29, 1.82) is 0 Å². The molecule has 4 saturated heterocycles. The van der Waals surface area contributed by atoms with E-state index in [9.17, 15) is 0 Å². The molecule has 10 rings (SSSR count). The van der Waals surface area contributed by atoms with Crippen molar-refractivity contribution in [3.63, 3.8) is 0 Å². The summed E-state index contributed by atoms with van der Waals surface area (Å²) in [7, 11) is 3.44. The van der Waals surface area contributed by atoms with Crippen LogP contribution in [-0.4, -0.2) is 93.7 Å². The van der Waals surface area contributed by atoms with Gasteiger partial charge in [0.05, 0.1) is 53.3 Å². The Balaban J connectivity index is 1.03. The van der Waals surface area contributed by atoms with Crippen LogP contribution in [0.2, 0.25) is 0 Å². The molecule has 9 atom stereocenters. The Kier molecular flexibility index (Phi) is 12.8. The van der Waals surface area contributed by atoms with Crippen LogP contribution in [0.3, 0.4) is 0 Å². The third kappa shape index (κ3) is 8.46. The highest BCUT2D eigenvalue weighted by Gasteiger charge is 2.43. The van der Waals surface area contributed by atoms with Crippen LogP contribution >= 0.6 is 22.6 Å². The van der Waals surface area contributed by atoms with Gasteiger partial charge in [-0.25, -0.2) is 0 Å². The van der Waals surface area contributed by atoms with Crippen LogP contribution in [0, 0.1) is 23.7 Å². The molecular formula is C50H59IN6O4. The average Bonchev–Trinajstić information content (AvgIpc) is 3.31. The van der Waals surface area contributed by atoms with Crippen LogP contribution in [-0.2, 0) is 0 Å². The number of benzene rings is 3. The lowest BCUT2D eigenvalue weighted by molar-refractivity contribution is -0.0174. The molecular weight excluding hydrogens is 875 g/mol. The van der Waals surface area contributed by atoms with Crippen molar-refractivity contribution < 1.29 is 18.9 Å². The molecule has 4 aliphatic heterocycles. The average molecular weight is 935 g/mol. The van der Waals surface area contributed by atoms with Gasteiger partial charge in [-0.2, -0.15) is 0 Å². The number of ether oxygens (including phenoxy) is 4. The number of aromatic nitrogens is 4. The van der Waals surface area contributed by atoms with Crippen LogP contribution < -0.4 is 18.9 Å². The number of methoxy groups -OCH3 is 2. The monoisotopic (exact) mass is 934 g/mol. The first-order valence-corrected chi connectivity index (χ1v) is 23.6. The molecule has 0 aliphatic carbocycles. The van der Waals surface area contributed by atoms with Crippen LogP contribution in [0.25, 0.3) is 32.6 Å². The first kappa shape index (κ1) is 42.0. The largest absolute Gasteiger partial charge is 0.497 e. The van der Waals surface area contributed by atoms with Gasteiger partial charge >= 0.3 is 0 Å². The predicted octanol–water partition coefficient (Wildman–Crippen LogP) is 10.3. The molecule has 11 heteroatoms. The lowest BCUT2D eigenvalue weighted by atomic mass is 9.70. The fraction of sp³-hybridized carbons (Fsp3) is 0.480. The fourth-order valence-electron chi connectivity index (χ4n) is 10.8. The molecule has 4 aliphatic rings. The van der Waals surface area contributed by atoms with Gasteiger partial charge in [0.1, 0.15) is 11.5 Å². The van der Waals surface area contributed by atoms with Crippen LogP contribution in [0.5, 0.6) is 23.3 Å². The number of hydrogen-bond acceptors (Lipinski definition) is 10. The minimum Gasteiger partial charge on any atom is -0.497 e. The summed E-state index contributed by atoms with van der Waals surface area (Å²) in [4.78, 5) is 14.9. The summed E-state index contributed by atoms with van der Waals surface area (Å²) in [6.45, 7) is 12.4. The van der Waals surface area contributed by atoms with E-state index in [0.717, 1.165) is 94.4 Å². The zero-order valence-corrected chi connectivity index (χ0v) is 38.3. The van der Waals surface area contributed by atoms with Crippen molar-refractivity contribution in [2.45, 2.75) is 74.8 Å². The standard InChI is InChI=1S/C50H59IN6O4/c1-6-32-27-57(22-18-31(32)3)48(51)44(38-17-21-53-46-15-13-36(59-5)26-42(38)46)30-61-50-40-11-9-8-10-39(40)49(54-55-50)60-29-43(47-24-34-19-23-56(47)28-33(34)7-2)37-16-20-52-45-14-12-35(58-4)25-41(37)45/h8-17,20-21,25-26,31-34,43-44,47-48H,6-7,18-19,22-24,27-30H2,1-5H3/t31?,32?,33?,34?,43-,44-,47+,48-/m1/s1. The smallest absolute Gasteiger partial charge is 0.241 e. The second-order valence-corrected chi connectivity index (χ2v) is 18.9. The summed E-state index contributed by atoms with van der Waals surface area (Å²) in [5, 5.41) is 13.5. The van der Waals surface area contributed by atoms with E-state index in [2.05, 4.69) is 95.6 Å². The van der Waals surface area contributed by atoms with Crippen molar-refractivity contribution in [2.75, 3.05) is 53.6 Å². The van der Waals surface area contributed by atoms with Gasteiger partial charge in [0.15, 0.2) is 0 Å². The summed E-state index contributed by atoms with van der Waals surface area (Å²) in [5.74, 6) is 5.66. The Morgan fingerprint density at radius 1 is 0.705 bits per heavy atom. The normalized spacial score (nSPS) is 24.4. The minimum atomic E-state index is 0.0169. The second-order valence-electron chi connectivity index (χ2n) is 17.6. The van der Waals surface area contributed by atoms with Gasteiger partial charge in [0.25, 0.3) is 0 Å². The zero-order valence-electron chi connectivity index (χ0n) is 36.2. The summed E-state index contributed by atoms with van der Waals surface area (Å²) < 4.78 is 25.3. The highest BCUT2D eigenvalue weighted by molar-refractivity contribution is 14.1. The van der Waals surface area contributed by atoms with Gasteiger partial charge in [-0.1, -0.05) is 68.3 Å². The molecule has 320 valence electrons. The minimum absolute atomic E-state index is 0.0169. The molecule has 6 aromatic rings. The number of halogens is 1. The van der Waals surface area contributed by atoms with Crippen molar-refractivity contribution in [3.8, 4) is 23.3 Å². The molecule has 3 aromatic carbocycles. The Bertz CT molecular complexity index is 2470. The summed E-state index contributed by atoms with van der Waals surface area (Å²) in [6, 6.07) is 25.2. The van der Waals surface area contributed by atoms with E-state index < -0.39 is 0 Å². The fourth-order valence-corrected chi connectivity index (χ4v) is 11.9. The molecule has 0 saturated carbocycles. The van der Waals surface area contributed by atoms with Gasteiger partial charge in [-0.05, 0) is 128 Å². The van der Waals surface area contributed by atoms with E-state index in [-0.39, 0.29) is 15.9 Å². The molecule has 0 radical (unpaired) electrons. The number of pyridine rings is 2. The van der Waals surface area contributed by atoms with Crippen molar-refractivity contribution in [3.05, 3.63) is 96.3 Å². The van der Waals surface area contributed by atoms with Gasteiger partial charge in [0, 0.05) is 54.1 Å². The molecule has 0 N–H and O–H groups in total. The lowest BCUT2D eigenvalue weighted by Crippen LogP contribution is -2.55. The molecule has 4 fully saturated rings. The highest BCUT2D eigenvalue weighted by Crippen LogP contribution is 2.45. The van der Waals surface area contributed by atoms with E-state index >= 15 is 0 Å². The van der Waals surface area contributed by atoms with E-state index in [1.165, 1.54) is 36.8 Å². The molecule has 7 heterocycles. The third-order valence-corrected chi connectivity index (χ3v) is 16.1. The molecule has 3 aromatic heterocycles. The molecule has 5 unspecified atom stereocenters. The number of hydrogen-bond donors (Lipinski definition) is 0. The van der Waals surface area contributed by atoms with Gasteiger partial charge in [0.2, 0.25) is 11.8 Å². The summed E-state index contributed by atoms with van der Waals surface area (Å²) in [5.41, 5.74) is 4.33. The van der Waals surface area contributed by atoms with Crippen molar-refractivity contribution >= 4 is 55.2 Å². The topological polar surface area (TPSA) is 95.0 Å². The highest BCUT2D eigenvalue weighted by atomic mass is 127. The SMILES string of the molecule is CCC1CN([C@@H](I)[C@H](COc2nnc(OC[C@H](c3ccnc4ccc(OC)cc34)[C@@H]3CC4CCN3CC4CC)c3ccccc23)c2ccnc3ccc(OC)cc23)CCC1C. The Morgan fingerprint density at radius 3 is 1.93 bits per heavy atom. The van der Waals surface area contributed by atoms with Crippen LogP contribution in [0.1, 0.15) is 75.8 Å². The predicted molar refractivity (Wildman–Crippen MR) is 251 cm³/mol. The van der Waals surface area contributed by atoms with E-state index in [0.29, 0.717) is 36.9 Å². The summed E-state index contributed by atoms with van der Waals surface area (Å²) in [6.07, 6.45) is 9.89. The number of fused-ring (bicyclic) bond motifs is 6. The molecule has 2 bridgehead atoms. The molecule has 61 heavy (non-hydrogen) atoms.